The molecule has 0 spiro atoms. The third-order valence-corrected chi connectivity index (χ3v) is 7.79. The molecule has 1 aliphatic rings. The fraction of sp³-hybridized carbons (Fsp3) is 0.450. The van der Waals surface area contributed by atoms with Crippen LogP contribution in [0.15, 0.2) is 46.7 Å². The van der Waals surface area contributed by atoms with Crippen LogP contribution in [0.1, 0.15) is 24.6 Å². The van der Waals surface area contributed by atoms with Crippen LogP contribution >= 0.6 is 11.3 Å². The first-order valence-corrected chi connectivity index (χ1v) is 11.7. The van der Waals surface area contributed by atoms with E-state index in [1.165, 1.54) is 4.31 Å². The van der Waals surface area contributed by atoms with Crippen molar-refractivity contribution in [3.8, 4) is 5.75 Å². The molecular formula is C20H26N2O4S2. The first kappa shape index (κ1) is 20.8. The highest BCUT2D eigenvalue weighted by atomic mass is 32.2. The average Bonchev–Trinajstić information content (AvgIpc) is 3.25. The second kappa shape index (κ2) is 9.07. The second-order valence-corrected chi connectivity index (χ2v) is 9.78. The molecule has 1 fully saturated rings. The first-order chi connectivity index (χ1) is 13.5. The van der Waals surface area contributed by atoms with E-state index in [9.17, 15) is 13.2 Å². The van der Waals surface area contributed by atoms with Gasteiger partial charge in [-0.3, -0.25) is 4.79 Å². The van der Waals surface area contributed by atoms with Crippen molar-refractivity contribution in [1.29, 1.82) is 0 Å². The molecule has 2 heterocycles. The Hall–Kier alpha value is -1.90. The van der Waals surface area contributed by atoms with Crippen molar-refractivity contribution < 1.29 is 17.9 Å². The highest BCUT2D eigenvalue weighted by Crippen LogP contribution is 2.26. The monoisotopic (exact) mass is 422 g/mol. The molecule has 0 bridgehead atoms. The minimum Gasteiger partial charge on any atom is -0.497 e. The van der Waals surface area contributed by atoms with Crippen molar-refractivity contribution in [2.45, 2.75) is 31.2 Å². The Bertz CT molecular complexity index is 879. The maximum Gasteiger partial charge on any atom is 0.243 e. The topological polar surface area (TPSA) is 66.9 Å². The number of thiophene rings is 1. The number of hydrogen-bond acceptors (Lipinski definition) is 5. The van der Waals surface area contributed by atoms with Gasteiger partial charge < -0.3 is 9.64 Å². The zero-order chi connectivity index (χ0) is 20.1. The van der Waals surface area contributed by atoms with Gasteiger partial charge in [-0.25, -0.2) is 8.42 Å². The smallest absolute Gasteiger partial charge is 0.243 e. The lowest BCUT2D eigenvalue weighted by Crippen LogP contribution is -2.46. The van der Waals surface area contributed by atoms with E-state index in [2.05, 4.69) is 0 Å². The molecule has 0 aliphatic carbocycles. The number of benzene rings is 1. The highest BCUT2D eigenvalue weighted by Gasteiger charge is 2.34. The molecule has 1 aromatic heterocycles. The molecule has 2 aromatic rings. The summed E-state index contributed by atoms with van der Waals surface area (Å²) >= 11 is 1.63. The molecule has 3 rings (SSSR count). The molecular weight excluding hydrogens is 396 g/mol. The van der Waals surface area contributed by atoms with Crippen LogP contribution in [0, 0.1) is 5.92 Å². The Kier molecular flexibility index (Phi) is 6.74. The Balaban J connectivity index is 1.72. The fourth-order valence-corrected chi connectivity index (χ4v) is 5.70. The predicted molar refractivity (Wildman–Crippen MR) is 110 cm³/mol. The minimum absolute atomic E-state index is 0.0329. The van der Waals surface area contributed by atoms with Gasteiger partial charge in [0.2, 0.25) is 15.9 Å². The highest BCUT2D eigenvalue weighted by molar-refractivity contribution is 7.89. The van der Waals surface area contributed by atoms with Crippen molar-refractivity contribution in [3.05, 3.63) is 46.7 Å². The maximum atomic E-state index is 13.0. The largest absolute Gasteiger partial charge is 0.497 e. The molecule has 8 heteroatoms. The number of ether oxygens (including phenoxy) is 1. The summed E-state index contributed by atoms with van der Waals surface area (Å²) in [7, 11) is -2.09. The minimum atomic E-state index is -3.63. The summed E-state index contributed by atoms with van der Waals surface area (Å²) in [5.41, 5.74) is 0. The van der Waals surface area contributed by atoms with E-state index in [-0.39, 0.29) is 23.3 Å². The van der Waals surface area contributed by atoms with Crippen LogP contribution in [0.5, 0.6) is 5.75 Å². The van der Waals surface area contributed by atoms with Gasteiger partial charge in [-0.05, 0) is 55.5 Å². The molecule has 1 saturated heterocycles. The number of piperidine rings is 1. The number of amides is 1. The fourth-order valence-electron chi connectivity index (χ4n) is 3.45. The zero-order valence-electron chi connectivity index (χ0n) is 16.2. The van der Waals surface area contributed by atoms with Gasteiger partial charge in [0, 0.05) is 24.5 Å². The van der Waals surface area contributed by atoms with Gasteiger partial charge in [-0.1, -0.05) is 6.07 Å². The van der Waals surface area contributed by atoms with E-state index < -0.39 is 10.0 Å². The number of methoxy groups -OCH3 is 1. The number of hydrogen-bond donors (Lipinski definition) is 0. The predicted octanol–water partition coefficient (Wildman–Crippen LogP) is 3.21. The molecule has 1 atom stereocenters. The number of sulfonamides is 1. The van der Waals surface area contributed by atoms with E-state index in [1.807, 2.05) is 29.3 Å². The third-order valence-electron chi connectivity index (χ3n) is 5.05. The summed E-state index contributed by atoms with van der Waals surface area (Å²) in [6.45, 7) is 3.82. The quantitative estimate of drug-likeness (QED) is 0.687. The first-order valence-electron chi connectivity index (χ1n) is 9.41. The van der Waals surface area contributed by atoms with Crippen molar-refractivity contribution in [1.82, 2.24) is 9.21 Å². The van der Waals surface area contributed by atoms with Crippen molar-refractivity contribution in [2.24, 2.45) is 5.92 Å². The van der Waals surface area contributed by atoms with Gasteiger partial charge in [0.15, 0.2) is 0 Å². The summed E-state index contributed by atoms with van der Waals surface area (Å²) in [6.07, 6.45) is 1.40. The van der Waals surface area contributed by atoms with E-state index in [1.54, 1.807) is 42.7 Å². The Labute approximate surface area is 170 Å². The van der Waals surface area contributed by atoms with Crippen LogP contribution in [-0.4, -0.2) is 50.3 Å². The van der Waals surface area contributed by atoms with Gasteiger partial charge in [-0.2, -0.15) is 4.31 Å². The van der Waals surface area contributed by atoms with Crippen molar-refractivity contribution in [2.75, 3.05) is 26.7 Å². The summed E-state index contributed by atoms with van der Waals surface area (Å²) in [5, 5.41) is 2.00. The lowest BCUT2D eigenvalue weighted by molar-refractivity contribution is -0.137. The number of rotatable bonds is 7. The number of nitrogens with zero attached hydrogens (tertiary/aromatic N) is 2. The Morgan fingerprint density at radius 2 is 2.04 bits per heavy atom. The van der Waals surface area contributed by atoms with E-state index in [4.69, 9.17) is 4.74 Å². The average molecular weight is 423 g/mol. The Morgan fingerprint density at radius 1 is 1.29 bits per heavy atom. The molecule has 1 unspecified atom stereocenters. The van der Waals surface area contributed by atoms with E-state index in [0.29, 0.717) is 38.2 Å². The molecule has 0 saturated carbocycles. The van der Waals surface area contributed by atoms with Crippen LogP contribution in [0.25, 0.3) is 0 Å². The summed E-state index contributed by atoms with van der Waals surface area (Å²) in [6, 6.07) is 10.4. The molecule has 6 nitrogen and oxygen atoms in total. The van der Waals surface area contributed by atoms with Gasteiger partial charge in [0.1, 0.15) is 5.75 Å². The third kappa shape index (κ3) is 4.56. The van der Waals surface area contributed by atoms with Crippen LogP contribution in [0.4, 0.5) is 0 Å². The SMILES string of the molecule is CCN(Cc1cccs1)C(=O)C1CCCN(S(=O)(=O)c2ccc(OC)cc2)C1. The van der Waals surface area contributed by atoms with Crippen LogP contribution < -0.4 is 4.74 Å². The molecule has 0 radical (unpaired) electrons. The van der Waals surface area contributed by atoms with Gasteiger partial charge >= 0.3 is 0 Å². The van der Waals surface area contributed by atoms with Crippen LogP contribution in [0.2, 0.25) is 0 Å². The Morgan fingerprint density at radius 3 is 2.64 bits per heavy atom. The van der Waals surface area contributed by atoms with E-state index >= 15 is 0 Å². The molecule has 28 heavy (non-hydrogen) atoms. The molecule has 152 valence electrons. The summed E-state index contributed by atoms with van der Waals surface area (Å²) in [5.74, 6) is 0.338. The summed E-state index contributed by atoms with van der Waals surface area (Å²) < 4.78 is 32.6. The maximum absolute atomic E-state index is 13.0. The summed E-state index contributed by atoms with van der Waals surface area (Å²) in [4.78, 5) is 16.2. The molecule has 1 aliphatic heterocycles. The van der Waals surface area contributed by atoms with E-state index in [0.717, 1.165) is 4.88 Å². The normalized spacial score (nSPS) is 18.0. The van der Waals surface area contributed by atoms with Gasteiger partial charge in [0.25, 0.3) is 0 Å². The van der Waals surface area contributed by atoms with Gasteiger partial charge in [-0.15, -0.1) is 11.3 Å². The van der Waals surface area contributed by atoms with Crippen LogP contribution in [-0.2, 0) is 21.4 Å². The zero-order valence-corrected chi connectivity index (χ0v) is 17.8. The lowest BCUT2D eigenvalue weighted by atomic mass is 9.98. The molecule has 1 aromatic carbocycles. The number of carbonyl (C=O) groups excluding carboxylic acids is 1. The molecule has 0 N–H and O–H groups in total. The lowest BCUT2D eigenvalue weighted by Gasteiger charge is -2.34. The van der Waals surface area contributed by atoms with Crippen molar-refractivity contribution in [3.63, 3.8) is 0 Å². The van der Waals surface area contributed by atoms with Gasteiger partial charge in [0.05, 0.1) is 24.5 Å². The second-order valence-electron chi connectivity index (χ2n) is 6.81. The molecule has 1 amide bonds. The van der Waals surface area contributed by atoms with Crippen LogP contribution in [0.3, 0.4) is 0 Å². The number of carbonyl (C=O) groups is 1. The van der Waals surface area contributed by atoms with Crippen molar-refractivity contribution >= 4 is 27.3 Å². The standard InChI is InChI=1S/C20H26N2O4S2/c1-3-21(15-18-7-5-13-27-18)20(23)16-6-4-12-22(14-16)28(24,25)19-10-8-17(26-2)9-11-19/h5,7-11,13,16H,3-4,6,12,14-15H2,1-2H3.